The third-order valence-electron chi connectivity index (χ3n) is 5.03. The quantitative estimate of drug-likeness (QED) is 0.369. The van der Waals surface area contributed by atoms with Crippen molar-refractivity contribution in [1.29, 1.82) is 0 Å². The maximum Gasteiger partial charge on any atom is 0.263 e. The van der Waals surface area contributed by atoms with Crippen molar-refractivity contribution in [3.8, 4) is 11.4 Å². The molecular formula is C26H22N4O2. The average Bonchev–Trinajstić information content (AvgIpc) is 2.84. The summed E-state index contributed by atoms with van der Waals surface area (Å²) in [6.07, 6.45) is 5.11. The highest BCUT2D eigenvalue weighted by Gasteiger charge is 2.22. The van der Waals surface area contributed by atoms with Crippen LogP contribution in [0.3, 0.4) is 0 Å². The lowest BCUT2D eigenvalue weighted by Crippen LogP contribution is -2.35. The largest absolute Gasteiger partial charge is 0.280 e. The van der Waals surface area contributed by atoms with E-state index >= 15 is 0 Å². The van der Waals surface area contributed by atoms with E-state index in [-0.39, 0.29) is 5.56 Å². The Kier molecular flexibility index (Phi) is 6.32. The molecule has 0 bridgehead atoms. The van der Waals surface area contributed by atoms with Crippen molar-refractivity contribution in [3.63, 3.8) is 0 Å². The van der Waals surface area contributed by atoms with Gasteiger partial charge in [0.05, 0.1) is 10.9 Å². The van der Waals surface area contributed by atoms with Crippen LogP contribution in [0, 0.1) is 0 Å². The van der Waals surface area contributed by atoms with Gasteiger partial charge in [-0.05, 0) is 30.7 Å². The molecule has 0 radical (unpaired) electrons. The fraction of sp³-hybridized carbons (Fsp3) is 0.0769. The Morgan fingerprint density at radius 3 is 2.38 bits per heavy atom. The zero-order valence-electron chi connectivity index (χ0n) is 17.6. The summed E-state index contributed by atoms with van der Waals surface area (Å²) in [5, 5.41) is 4.44. The van der Waals surface area contributed by atoms with Crippen LogP contribution >= 0.6 is 0 Å². The summed E-state index contributed by atoms with van der Waals surface area (Å²) in [4.78, 5) is 30.8. The van der Waals surface area contributed by atoms with Crippen LogP contribution in [-0.4, -0.2) is 21.7 Å². The molecule has 1 N–H and O–H groups in total. The number of hydrogen-bond donors (Lipinski definition) is 1. The highest BCUT2D eigenvalue weighted by Crippen LogP contribution is 2.21. The van der Waals surface area contributed by atoms with Gasteiger partial charge in [-0.25, -0.2) is 10.4 Å². The van der Waals surface area contributed by atoms with Crippen LogP contribution in [0.15, 0.2) is 101 Å². The summed E-state index contributed by atoms with van der Waals surface area (Å²) < 4.78 is 1.42. The van der Waals surface area contributed by atoms with Crippen molar-refractivity contribution in [3.05, 3.63) is 107 Å². The first kappa shape index (κ1) is 20.9. The molecular weight excluding hydrogens is 400 g/mol. The monoisotopic (exact) mass is 422 g/mol. The molecule has 4 aromatic rings. The zero-order chi connectivity index (χ0) is 22.3. The topological polar surface area (TPSA) is 76.3 Å². The van der Waals surface area contributed by atoms with Crippen molar-refractivity contribution in [2.24, 2.45) is 5.10 Å². The molecule has 3 aromatic carbocycles. The van der Waals surface area contributed by atoms with E-state index in [1.807, 2.05) is 72.8 Å². The molecule has 1 heterocycles. The number of rotatable bonds is 6. The summed E-state index contributed by atoms with van der Waals surface area (Å²) in [5.74, 6) is 0.0237. The van der Waals surface area contributed by atoms with Gasteiger partial charge >= 0.3 is 0 Å². The minimum absolute atomic E-state index is 0.273. The van der Waals surface area contributed by atoms with Gasteiger partial charge in [0.25, 0.3) is 11.5 Å². The van der Waals surface area contributed by atoms with Gasteiger partial charge in [0.1, 0.15) is 11.9 Å². The predicted molar refractivity (Wildman–Crippen MR) is 128 cm³/mol. The molecule has 0 aliphatic carbocycles. The molecule has 0 saturated carbocycles. The highest BCUT2D eigenvalue weighted by atomic mass is 16.2. The van der Waals surface area contributed by atoms with Crippen molar-refractivity contribution < 1.29 is 4.79 Å². The van der Waals surface area contributed by atoms with E-state index in [1.165, 1.54) is 10.8 Å². The highest BCUT2D eigenvalue weighted by molar-refractivity contribution is 5.85. The second kappa shape index (κ2) is 9.66. The van der Waals surface area contributed by atoms with Crippen LogP contribution < -0.4 is 11.0 Å². The second-order valence-corrected chi connectivity index (χ2v) is 7.19. The van der Waals surface area contributed by atoms with Gasteiger partial charge in [-0.15, -0.1) is 0 Å². The number of benzene rings is 3. The summed E-state index contributed by atoms with van der Waals surface area (Å²) in [5.41, 5.74) is 4.61. The summed E-state index contributed by atoms with van der Waals surface area (Å²) in [6, 6.07) is 25.4. The number of carbonyl (C=O) groups is 1. The number of hydrogen-bond acceptors (Lipinski definition) is 4. The molecule has 0 aliphatic rings. The van der Waals surface area contributed by atoms with Crippen molar-refractivity contribution in [2.45, 2.75) is 13.0 Å². The predicted octanol–water partition coefficient (Wildman–Crippen LogP) is 4.44. The third-order valence-corrected chi connectivity index (χ3v) is 5.03. The smallest absolute Gasteiger partial charge is 0.263 e. The van der Waals surface area contributed by atoms with Crippen LogP contribution in [0.1, 0.15) is 18.5 Å². The second-order valence-electron chi connectivity index (χ2n) is 7.19. The van der Waals surface area contributed by atoms with Crippen molar-refractivity contribution >= 4 is 29.1 Å². The normalized spacial score (nSPS) is 12.4. The number of para-hydroxylation sites is 1. The van der Waals surface area contributed by atoms with Crippen LogP contribution in [0.5, 0.6) is 0 Å². The molecule has 0 saturated heterocycles. The van der Waals surface area contributed by atoms with Crippen LogP contribution in [0.25, 0.3) is 28.4 Å². The third kappa shape index (κ3) is 4.54. The van der Waals surface area contributed by atoms with Gasteiger partial charge in [0.15, 0.2) is 0 Å². The molecule has 0 aliphatic heterocycles. The number of amides is 1. The number of fused-ring (bicyclic) bond motifs is 1. The summed E-state index contributed by atoms with van der Waals surface area (Å²) in [6.45, 7) is 1.66. The fourth-order valence-corrected chi connectivity index (χ4v) is 3.37. The van der Waals surface area contributed by atoms with Gasteiger partial charge in [-0.2, -0.15) is 5.10 Å². The molecule has 6 heteroatoms. The number of allylic oxidation sites excluding steroid dienone is 1. The number of aromatic nitrogens is 2. The Bertz CT molecular complexity index is 1340. The molecule has 4 rings (SSSR count). The lowest BCUT2D eigenvalue weighted by atomic mass is 10.1. The lowest BCUT2D eigenvalue weighted by Gasteiger charge is -2.18. The van der Waals surface area contributed by atoms with E-state index in [1.54, 1.807) is 31.2 Å². The van der Waals surface area contributed by atoms with Crippen molar-refractivity contribution in [1.82, 2.24) is 15.0 Å². The first-order valence-corrected chi connectivity index (χ1v) is 10.3. The number of hydrazone groups is 1. The average molecular weight is 422 g/mol. The molecule has 1 aromatic heterocycles. The molecule has 1 unspecified atom stereocenters. The minimum atomic E-state index is -0.815. The standard InChI is InChI=1S/C26H22N4O2/c1-19(25(31)29-27-18-10-13-20-11-4-2-5-12-20)30-24(21-14-6-3-7-15-21)28-23-17-9-8-16-22(23)26(30)32/h2-19H,1H3,(H,29,31)/b13-10+,27-18?. The number of nitrogens with zero attached hydrogens (tertiary/aromatic N) is 3. The van der Waals surface area contributed by atoms with E-state index in [9.17, 15) is 9.59 Å². The van der Waals surface area contributed by atoms with Crippen LogP contribution in [-0.2, 0) is 4.79 Å². The van der Waals surface area contributed by atoms with Crippen molar-refractivity contribution in [2.75, 3.05) is 0 Å². The summed E-state index contributed by atoms with van der Waals surface area (Å²) >= 11 is 0. The molecule has 0 spiro atoms. The molecule has 1 atom stereocenters. The Hall–Kier alpha value is -4.32. The SMILES string of the molecule is CC(C(=O)NN=C/C=C/c1ccccc1)n1c(-c2ccccc2)nc2ccccc2c1=O. The molecule has 32 heavy (non-hydrogen) atoms. The Balaban J connectivity index is 1.62. The summed E-state index contributed by atoms with van der Waals surface area (Å²) in [7, 11) is 0. The van der Waals surface area contributed by atoms with E-state index < -0.39 is 11.9 Å². The number of carbonyl (C=O) groups excluding carboxylic acids is 1. The molecule has 6 nitrogen and oxygen atoms in total. The molecule has 1 amide bonds. The number of nitrogens with one attached hydrogen (secondary N) is 1. The maximum atomic E-state index is 13.3. The molecule has 158 valence electrons. The zero-order valence-corrected chi connectivity index (χ0v) is 17.6. The Labute approximate surface area is 185 Å². The van der Waals surface area contributed by atoms with E-state index in [0.29, 0.717) is 16.7 Å². The van der Waals surface area contributed by atoms with Gasteiger partial charge in [-0.1, -0.05) is 78.9 Å². The van der Waals surface area contributed by atoms with Crippen LogP contribution in [0.2, 0.25) is 0 Å². The fourth-order valence-electron chi connectivity index (χ4n) is 3.37. The Morgan fingerprint density at radius 2 is 1.62 bits per heavy atom. The van der Waals surface area contributed by atoms with E-state index in [4.69, 9.17) is 0 Å². The van der Waals surface area contributed by atoms with E-state index in [2.05, 4.69) is 15.5 Å². The van der Waals surface area contributed by atoms with E-state index in [0.717, 1.165) is 11.1 Å². The first-order valence-electron chi connectivity index (χ1n) is 10.3. The maximum absolute atomic E-state index is 13.3. The molecule has 0 fully saturated rings. The van der Waals surface area contributed by atoms with Crippen LogP contribution in [0.4, 0.5) is 0 Å². The van der Waals surface area contributed by atoms with Gasteiger partial charge < -0.3 is 0 Å². The van der Waals surface area contributed by atoms with Gasteiger partial charge in [0, 0.05) is 11.8 Å². The minimum Gasteiger partial charge on any atom is -0.280 e. The Morgan fingerprint density at radius 1 is 0.969 bits per heavy atom. The lowest BCUT2D eigenvalue weighted by molar-refractivity contribution is -0.123. The first-order chi connectivity index (χ1) is 15.6. The van der Waals surface area contributed by atoms with Gasteiger partial charge in [0.2, 0.25) is 0 Å². The van der Waals surface area contributed by atoms with Gasteiger partial charge in [-0.3, -0.25) is 14.2 Å².